The van der Waals surface area contributed by atoms with E-state index in [1.165, 1.54) is 6.07 Å². The average molecular weight is 299 g/mol. The monoisotopic (exact) mass is 298 g/mol. The Morgan fingerprint density at radius 1 is 1.55 bits per heavy atom. The molecule has 1 aromatic heterocycles. The van der Waals surface area contributed by atoms with Gasteiger partial charge in [0.25, 0.3) is 5.69 Å². The zero-order valence-corrected chi connectivity index (χ0v) is 11.4. The highest BCUT2D eigenvalue weighted by Gasteiger charge is 2.17. The summed E-state index contributed by atoms with van der Waals surface area (Å²) in [4.78, 5) is 10.2. The minimum absolute atomic E-state index is 0.159. The van der Waals surface area contributed by atoms with Crippen molar-refractivity contribution < 1.29 is 9.31 Å². The molecule has 0 atom stereocenters. The Morgan fingerprint density at radius 2 is 2.30 bits per heavy atom. The zero-order chi connectivity index (χ0) is 14.7. The number of benzene rings is 1. The zero-order valence-electron chi connectivity index (χ0n) is 10.6. The van der Waals surface area contributed by atoms with Crippen LogP contribution in [-0.4, -0.2) is 21.2 Å². The van der Waals surface area contributed by atoms with E-state index in [2.05, 4.69) is 10.4 Å². The molecule has 1 heterocycles. The first-order valence-corrected chi connectivity index (χ1v) is 6.21. The van der Waals surface area contributed by atoms with Crippen LogP contribution in [0.5, 0.6) is 0 Å². The molecule has 1 N–H and O–H groups in total. The van der Waals surface area contributed by atoms with Gasteiger partial charge in [0.15, 0.2) is 0 Å². The highest BCUT2D eigenvalue weighted by Crippen LogP contribution is 2.30. The van der Waals surface area contributed by atoms with E-state index in [-0.39, 0.29) is 16.4 Å². The number of nitrogens with one attached hydrogen (secondary N) is 1. The number of halogens is 2. The number of nitrogens with zero attached hydrogens (tertiary/aromatic N) is 3. The summed E-state index contributed by atoms with van der Waals surface area (Å²) in [5, 5.41) is 17.7. The van der Waals surface area contributed by atoms with Crippen LogP contribution in [0.2, 0.25) is 5.02 Å². The van der Waals surface area contributed by atoms with Gasteiger partial charge in [0.2, 0.25) is 0 Å². The fourth-order valence-corrected chi connectivity index (χ4v) is 1.89. The molecule has 0 spiro atoms. The highest BCUT2D eigenvalue weighted by atomic mass is 35.5. The molecule has 0 amide bonds. The van der Waals surface area contributed by atoms with Gasteiger partial charge < -0.3 is 5.32 Å². The molecule has 2 aromatic rings. The first-order valence-electron chi connectivity index (χ1n) is 5.83. The fourth-order valence-electron chi connectivity index (χ4n) is 1.72. The van der Waals surface area contributed by atoms with E-state index in [1.807, 2.05) is 13.1 Å². The van der Waals surface area contributed by atoms with Crippen LogP contribution in [-0.2, 0) is 6.54 Å². The second kappa shape index (κ2) is 5.87. The van der Waals surface area contributed by atoms with Crippen molar-refractivity contribution in [2.24, 2.45) is 0 Å². The highest BCUT2D eigenvalue weighted by molar-refractivity contribution is 6.31. The van der Waals surface area contributed by atoms with Crippen molar-refractivity contribution in [3.8, 4) is 0 Å². The Labute approximate surface area is 119 Å². The van der Waals surface area contributed by atoms with Gasteiger partial charge in [-0.3, -0.25) is 14.8 Å². The topological polar surface area (TPSA) is 73.0 Å². The van der Waals surface area contributed by atoms with Crippen LogP contribution in [0.3, 0.4) is 0 Å². The Kier molecular flexibility index (Phi) is 4.19. The third-order valence-corrected chi connectivity index (χ3v) is 2.94. The summed E-state index contributed by atoms with van der Waals surface area (Å²) in [6.07, 6.45) is 3.57. The maximum atomic E-state index is 13.2. The van der Waals surface area contributed by atoms with Gasteiger partial charge in [-0.1, -0.05) is 11.6 Å². The van der Waals surface area contributed by atoms with Crippen LogP contribution in [0, 0.1) is 22.9 Å². The van der Waals surface area contributed by atoms with Crippen molar-refractivity contribution in [2.45, 2.75) is 13.5 Å². The van der Waals surface area contributed by atoms with Gasteiger partial charge in [-0.05, 0) is 18.6 Å². The number of hydrogen-bond donors (Lipinski definition) is 1. The van der Waals surface area contributed by atoms with Gasteiger partial charge in [-0.2, -0.15) is 5.10 Å². The molecule has 6 nitrogen and oxygen atoms in total. The lowest BCUT2D eigenvalue weighted by atomic mass is 10.2. The number of nitro groups is 1. The smallest absolute Gasteiger partial charge is 0.295 e. The molecule has 0 aliphatic rings. The van der Waals surface area contributed by atoms with Gasteiger partial charge in [-0.15, -0.1) is 0 Å². The van der Waals surface area contributed by atoms with Gasteiger partial charge in [-0.25, -0.2) is 4.39 Å². The number of aromatic nitrogens is 2. The third kappa shape index (κ3) is 3.24. The normalized spacial score (nSPS) is 10.6. The number of aryl methyl sites for hydroxylation is 1. The molecule has 0 aliphatic carbocycles. The van der Waals surface area contributed by atoms with E-state index in [0.29, 0.717) is 13.1 Å². The van der Waals surface area contributed by atoms with Gasteiger partial charge >= 0.3 is 0 Å². The van der Waals surface area contributed by atoms with Crippen molar-refractivity contribution in [1.82, 2.24) is 9.78 Å². The molecule has 0 unspecified atom stereocenters. The molecule has 20 heavy (non-hydrogen) atoms. The van der Waals surface area contributed by atoms with Crippen molar-refractivity contribution >= 4 is 23.0 Å². The minimum Gasteiger partial charge on any atom is -0.378 e. The van der Waals surface area contributed by atoms with Crippen molar-refractivity contribution in [1.29, 1.82) is 0 Å². The Bertz CT molecular complexity index is 644. The van der Waals surface area contributed by atoms with Crippen molar-refractivity contribution in [3.05, 3.63) is 51.0 Å². The molecule has 0 saturated heterocycles. The Balaban J connectivity index is 2.08. The maximum absolute atomic E-state index is 13.2. The number of anilines is 1. The van der Waals surface area contributed by atoms with E-state index in [1.54, 1.807) is 10.9 Å². The maximum Gasteiger partial charge on any atom is 0.295 e. The predicted octanol–water partition coefficient (Wildman–Crippen LogP) is 3.00. The number of nitro benzene ring substituents is 1. The third-order valence-electron chi connectivity index (χ3n) is 2.65. The molecule has 0 fully saturated rings. The Morgan fingerprint density at radius 3 is 2.90 bits per heavy atom. The summed E-state index contributed by atoms with van der Waals surface area (Å²) < 4.78 is 14.9. The van der Waals surface area contributed by atoms with E-state index >= 15 is 0 Å². The molecular formula is C12H12ClFN4O2. The molecule has 0 bridgehead atoms. The summed E-state index contributed by atoms with van der Waals surface area (Å²) in [5.41, 5.74) is 0.870. The average Bonchev–Trinajstić information content (AvgIpc) is 2.79. The molecule has 106 valence electrons. The van der Waals surface area contributed by atoms with Crippen LogP contribution < -0.4 is 5.32 Å². The summed E-state index contributed by atoms with van der Waals surface area (Å²) in [6.45, 7) is 2.85. The van der Waals surface area contributed by atoms with E-state index < -0.39 is 10.7 Å². The second-order valence-electron chi connectivity index (χ2n) is 4.25. The quantitative estimate of drug-likeness (QED) is 0.680. The first-order chi connectivity index (χ1) is 9.47. The Hall–Kier alpha value is -2.15. The van der Waals surface area contributed by atoms with Crippen LogP contribution in [0.4, 0.5) is 15.8 Å². The number of hydrogen-bond acceptors (Lipinski definition) is 4. The van der Waals surface area contributed by atoms with Crippen LogP contribution in [0.1, 0.15) is 5.56 Å². The van der Waals surface area contributed by atoms with E-state index in [0.717, 1.165) is 11.6 Å². The van der Waals surface area contributed by atoms with E-state index in [9.17, 15) is 14.5 Å². The minimum atomic E-state index is -0.813. The standard InChI is InChI=1S/C12H12ClFN4O2/c1-8-6-16-17(7-8)3-2-15-11-4-9(13)10(14)5-12(11)18(19)20/h4-7,15H,2-3H2,1H3. The van der Waals surface area contributed by atoms with Gasteiger partial charge in [0.1, 0.15) is 11.5 Å². The second-order valence-corrected chi connectivity index (χ2v) is 4.66. The van der Waals surface area contributed by atoms with Gasteiger partial charge in [0.05, 0.1) is 28.8 Å². The number of rotatable bonds is 5. The van der Waals surface area contributed by atoms with Crippen LogP contribution >= 0.6 is 11.6 Å². The van der Waals surface area contributed by atoms with Crippen molar-refractivity contribution in [3.63, 3.8) is 0 Å². The lowest BCUT2D eigenvalue weighted by Crippen LogP contribution is -2.12. The van der Waals surface area contributed by atoms with Crippen LogP contribution in [0.15, 0.2) is 24.5 Å². The molecule has 8 heteroatoms. The summed E-state index contributed by atoms with van der Waals surface area (Å²) >= 11 is 5.63. The fraction of sp³-hybridized carbons (Fsp3) is 0.250. The largest absolute Gasteiger partial charge is 0.378 e. The molecule has 0 radical (unpaired) electrons. The molecule has 0 aliphatic heterocycles. The SMILES string of the molecule is Cc1cnn(CCNc2cc(Cl)c(F)cc2[N+](=O)[O-])c1. The van der Waals surface area contributed by atoms with E-state index in [4.69, 9.17) is 11.6 Å². The van der Waals surface area contributed by atoms with Crippen LogP contribution in [0.25, 0.3) is 0 Å². The lowest BCUT2D eigenvalue weighted by molar-refractivity contribution is -0.384. The first kappa shape index (κ1) is 14.3. The molecular weight excluding hydrogens is 287 g/mol. The molecule has 0 saturated carbocycles. The summed E-state index contributed by atoms with van der Waals surface area (Å²) in [5.74, 6) is -0.813. The summed E-state index contributed by atoms with van der Waals surface area (Å²) in [6, 6.07) is 2.02. The molecule has 2 rings (SSSR count). The molecule has 1 aromatic carbocycles. The van der Waals surface area contributed by atoms with Crippen molar-refractivity contribution in [2.75, 3.05) is 11.9 Å². The summed E-state index contributed by atoms with van der Waals surface area (Å²) in [7, 11) is 0. The lowest BCUT2D eigenvalue weighted by Gasteiger charge is -2.08. The predicted molar refractivity (Wildman–Crippen MR) is 73.5 cm³/mol. The van der Waals surface area contributed by atoms with Gasteiger partial charge in [0, 0.05) is 12.7 Å².